The first-order chi connectivity index (χ1) is 9.33. The molecule has 0 spiro atoms. The van der Waals surface area contributed by atoms with Crippen molar-refractivity contribution < 1.29 is 13.2 Å². The molecule has 5 nitrogen and oxygen atoms in total. The zero-order valence-corrected chi connectivity index (χ0v) is 14.2. The minimum atomic E-state index is -3.29. The summed E-state index contributed by atoms with van der Waals surface area (Å²) in [7, 11) is -3.29. The van der Waals surface area contributed by atoms with E-state index in [0.29, 0.717) is 16.9 Å². The number of amides is 1. The maximum atomic E-state index is 11.9. The molecule has 0 radical (unpaired) electrons. The van der Waals surface area contributed by atoms with E-state index in [-0.39, 0.29) is 5.91 Å². The molecule has 0 saturated carbocycles. The highest BCUT2D eigenvalue weighted by Crippen LogP contribution is 2.19. The smallest absolute Gasteiger partial charge is 0.256 e. The topological polar surface area (TPSA) is 75.3 Å². The normalized spacial score (nSPS) is 11.1. The molecule has 8 heteroatoms. The van der Waals surface area contributed by atoms with Gasteiger partial charge in [-0.3, -0.25) is 9.52 Å². The van der Waals surface area contributed by atoms with E-state index in [4.69, 9.17) is 0 Å². The lowest BCUT2D eigenvalue weighted by molar-refractivity contribution is 0.102. The Labute approximate surface area is 134 Å². The van der Waals surface area contributed by atoms with E-state index in [1.807, 2.05) is 0 Å². The van der Waals surface area contributed by atoms with Crippen LogP contribution in [0, 0.1) is 2.88 Å². The molecule has 1 heterocycles. The summed E-state index contributed by atoms with van der Waals surface area (Å²) >= 11 is 3.66. The second kappa shape index (κ2) is 6.10. The molecule has 0 fully saturated rings. The van der Waals surface area contributed by atoms with Crippen molar-refractivity contribution in [3.63, 3.8) is 0 Å². The molecule has 0 aliphatic heterocycles. The zero-order valence-electron chi connectivity index (χ0n) is 10.4. The minimum absolute atomic E-state index is 0.187. The van der Waals surface area contributed by atoms with Crippen molar-refractivity contribution in [2.45, 2.75) is 0 Å². The molecule has 2 N–H and O–H groups in total. The lowest BCUT2D eigenvalue weighted by Gasteiger charge is -2.06. The quantitative estimate of drug-likeness (QED) is 0.745. The molecule has 1 aromatic heterocycles. The number of carbonyl (C=O) groups excluding carboxylic acids is 1. The van der Waals surface area contributed by atoms with Crippen LogP contribution >= 0.6 is 33.9 Å². The summed E-state index contributed by atoms with van der Waals surface area (Å²) in [6.07, 6.45) is 1.08. The SMILES string of the molecule is CS(=O)(=O)Nc1ccc(NC(=O)c2csc(I)c2)cc1. The monoisotopic (exact) mass is 422 g/mol. The highest BCUT2D eigenvalue weighted by molar-refractivity contribution is 14.1. The second-order valence-corrected chi connectivity index (χ2v) is 8.60. The number of nitrogens with one attached hydrogen (secondary N) is 2. The molecule has 0 unspecified atom stereocenters. The van der Waals surface area contributed by atoms with Gasteiger partial charge >= 0.3 is 0 Å². The lowest BCUT2D eigenvalue weighted by Crippen LogP contribution is -2.11. The summed E-state index contributed by atoms with van der Waals surface area (Å²) in [6.45, 7) is 0. The molecule has 0 atom stereocenters. The van der Waals surface area contributed by atoms with Crippen LogP contribution in [-0.2, 0) is 10.0 Å². The first-order valence-electron chi connectivity index (χ1n) is 5.47. The lowest BCUT2D eigenvalue weighted by atomic mass is 10.2. The number of sulfonamides is 1. The molecule has 20 heavy (non-hydrogen) atoms. The summed E-state index contributed by atoms with van der Waals surface area (Å²) in [4.78, 5) is 11.9. The van der Waals surface area contributed by atoms with E-state index in [1.54, 1.807) is 35.7 Å². The number of hydrogen-bond acceptors (Lipinski definition) is 4. The maximum Gasteiger partial charge on any atom is 0.256 e. The fourth-order valence-corrected chi connectivity index (χ4v) is 3.36. The Morgan fingerprint density at radius 3 is 2.30 bits per heavy atom. The Morgan fingerprint density at radius 1 is 1.20 bits per heavy atom. The van der Waals surface area contributed by atoms with Crippen molar-refractivity contribution >= 4 is 61.2 Å². The van der Waals surface area contributed by atoms with Crippen molar-refractivity contribution in [1.29, 1.82) is 0 Å². The van der Waals surface area contributed by atoms with Gasteiger partial charge in [-0.05, 0) is 52.9 Å². The van der Waals surface area contributed by atoms with Crippen LogP contribution in [-0.4, -0.2) is 20.6 Å². The van der Waals surface area contributed by atoms with Gasteiger partial charge in [0.05, 0.1) is 14.7 Å². The Bertz CT molecular complexity index is 723. The Balaban J connectivity index is 2.06. The van der Waals surface area contributed by atoms with Crippen LogP contribution in [0.2, 0.25) is 0 Å². The molecular weight excluding hydrogens is 411 g/mol. The van der Waals surface area contributed by atoms with E-state index < -0.39 is 10.0 Å². The zero-order chi connectivity index (χ0) is 14.8. The first-order valence-corrected chi connectivity index (χ1v) is 9.32. The van der Waals surface area contributed by atoms with Crippen LogP contribution in [0.15, 0.2) is 35.7 Å². The number of anilines is 2. The number of thiophene rings is 1. The van der Waals surface area contributed by atoms with Crippen molar-refractivity contribution in [2.75, 3.05) is 16.3 Å². The predicted octanol–water partition coefficient (Wildman–Crippen LogP) is 2.98. The summed E-state index contributed by atoms with van der Waals surface area (Å²) in [5.74, 6) is -0.187. The standard InChI is InChI=1S/C12H11IN2O3S2/c1-20(17,18)15-10-4-2-9(3-5-10)14-12(16)8-6-11(13)19-7-8/h2-7,15H,1H3,(H,14,16). The van der Waals surface area contributed by atoms with Gasteiger partial charge in [0.25, 0.3) is 5.91 Å². The van der Waals surface area contributed by atoms with Crippen molar-refractivity contribution in [3.05, 3.63) is 44.2 Å². The molecule has 2 aromatic rings. The van der Waals surface area contributed by atoms with Crippen molar-refractivity contribution in [3.8, 4) is 0 Å². The van der Waals surface area contributed by atoms with Crippen LogP contribution in [0.5, 0.6) is 0 Å². The first kappa shape index (κ1) is 15.3. The van der Waals surface area contributed by atoms with Gasteiger partial charge in [-0.15, -0.1) is 11.3 Å². The fraction of sp³-hybridized carbons (Fsp3) is 0.0833. The molecule has 0 saturated heterocycles. The fourth-order valence-electron chi connectivity index (χ4n) is 1.47. The Kier molecular flexibility index (Phi) is 4.66. The van der Waals surface area contributed by atoms with E-state index in [0.717, 1.165) is 9.14 Å². The number of halogens is 1. The Morgan fingerprint density at radius 2 is 1.80 bits per heavy atom. The summed E-state index contributed by atoms with van der Waals surface area (Å²) in [5.41, 5.74) is 1.67. The summed E-state index contributed by atoms with van der Waals surface area (Å²) in [5, 5.41) is 4.54. The number of carbonyl (C=O) groups is 1. The second-order valence-electron chi connectivity index (χ2n) is 4.05. The third-order valence-corrected chi connectivity index (χ3v) is 4.67. The molecular formula is C12H11IN2O3S2. The molecule has 1 amide bonds. The summed E-state index contributed by atoms with van der Waals surface area (Å²) < 4.78 is 25.5. The molecule has 0 aliphatic rings. The third kappa shape index (κ3) is 4.46. The van der Waals surface area contributed by atoms with E-state index in [2.05, 4.69) is 32.6 Å². The van der Waals surface area contributed by atoms with Gasteiger partial charge in [0, 0.05) is 16.8 Å². The van der Waals surface area contributed by atoms with Crippen LogP contribution < -0.4 is 10.0 Å². The number of rotatable bonds is 4. The van der Waals surface area contributed by atoms with Gasteiger partial charge in [-0.1, -0.05) is 0 Å². The van der Waals surface area contributed by atoms with Crippen molar-refractivity contribution in [1.82, 2.24) is 0 Å². The highest BCUT2D eigenvalue weighted by Gasteiger charge is 2.08. The molecule has 2 rings (SSSR count). The van der Waals surface area contributed by atoms with Gasteiger partial charge in [-0.25, -0.2) is 8.42 Å². The Hall–Kier alpha value is -1.13. The largest absolute Gasteiger partial charge is 0.322 e. The van der Waals surface area contributed by atoms with E-state index in [9.17, 15) is 13.2 Å². The van der Waals surface area contributed by atoms with E-state index >= 15 is 0 Å². The van der Waals surface area contributed by atoms with Gasteiger partial charge < -0.3 is 5.32 Å². The van der Waals surface area contributed by atoms with Crippen LogP contribution in [0.4, 0.5) is 11.4 Å². The average Bonchev–Trinajstić information content (AvgIpc) is 2.77. The van der Waals surface area contributed by atoms with Crippen LogP contribution in [0.1, 0.15) is 10.4 Å². The molecule has 0 bridgehead atoms. The highest BCUT2D eigenvalue weighted by atomic mass is 127. The van der Waals surface area contributed by atoms with Gasteiger partial charge in [-0.2, -0.15) is 0 Å². The molecule has 0 aliphatic carbocycles. The van der Waals surface area contributed by atoms with Crippen LogP contribution in [0.3, 0.4) is 0 Å². The number of hydrogen-bond donors (Lipinski definition) is 2. The minimum Gasteiger partial charge on any atom is -0.322 e. The number of benzene rings is 1. The average molecular weight is 422 g/mol. The molecule has 106 valence electrons. The molecule has 1 aromatic carbocycles. The third-order valence-electron chi connectivity index (χ3n) is 2.28. The summed E-state index contributed by atoms with van der Waals surface area (Å²) in [6, 6.07) is 8.27. The van der Waals surface area contributed by atoms with Crippen molar-refractivity contribution in [2.24, 2.45) is 0 Å². The van der Waals surface area contributed by atoms with Crippen LogP contribution in [0.25, 0.3) is 0 Å². The predicted molar refractivity (Wildman–Crippen MR) is 89.9 cm³/mol. The van der Waals surface area contributed by atoms with Gasteiger partial charge in [0.2, 0.25) is 10.0 Å². The van der Waals surface area contributed by atoms with E-state index in [1.165, 1.54) is 11.3 Å². The van der Waals surface area contributed by atoms with Gasteiger partial charge in [0.15, 0.2) is 0 Å². The van der Waals surface area contributed by atoms with Gasteiger partial charge in [0.1, 0.15) is 0 Å². The maximum absolute atomic E-state index is 11.9.